The maximum atomic E-state index is 13.6. The Morgan fingerprint density at radius 3 is 2.16 bits per heavy atom. The SMILES string of the molecule is COC(=O)C(=O)NCc1ccc(CC=C(c2cc(Cl)c(Cl)c(Cl)c2)C(F)(F)F)cc1Cl. The predicted molar refractivity (Wildman–Crippen MR) is 115 cm³/mol. The van der Waals surface area contributed by atoms with E-state index in [0.29, 0.717) is 11.1 Å². The smallest absolute Gasteiger partial charge is 0.416 e. The molecule has 0 saturated carbocycles. The summed E-state index contributed by atoms with van der Waals surface area (Å²) in [5, 5.41) is 2.31. The number of alkyl halides is 3. The first-order valence-electron chi connectivity index (χ1n) is 8.49. The third-order valence-corrected chi connectivity index (χ3v) is 5.62. The van der Waals surface area contributed by atoms with Crippen LogP contribution >= 0.6 is 46.4 Å². The lowest BCUT2D eigenvalue weighted by Crippen LogP contribution is -2.31. The first kappa shape index (κ1) is 25.3. The number of esters is 1. The van der Waals surface area contributed by atoms with Crippen molar-refractivity contribution in [1.82, 2.24) is 5.32 Å². The number of allylic oxidation sites excluding steroid dienone is 2. The van der Waals surface area contributed by atoms with Gasteiger partial charge in [-0.05, 0) is 41.3 Å². The number of carbonyl (C=O) groups is 2. The Kier molecular flexibility index (Phi) is 8.65. The maximum absolute atomic E-state index is 13.6. The number of rotatable bonds is 5. The fraction of sp³-hybridized carbons (Fsp3) is 0.200. The highest BCUT2D eigenvalue weighted by Gasteiger charge is 2.35. The van der Waals surface area contributed by atoms with Gasteiger partial charge >= 0.3 is 18.1 Å². The summed E-state index contributed by atoms with van der Waals surface area (Å²) < 4.78 is 45.1. The van der Waals surface area contributed by atoms with Gasteiger partial charge in [-0.2, -0.15) is 13.2 Å². The molecular weight excluding hydrogens is 501 g/mol. The van der Waals surface area contributed by atoms with Crippen LogP contribution in [0.3, 0.4) is 0 Å². The van der Waals surface area contributed by atoms with Crippen molar-refractivity contribution in [3.63, 3.8) is 0 Å². The van der Waals surface area contributed by atoms with E-state index in [4.69, 9.17) is 46.4 Å². The fourth-order valence-corrected chi connectivity index (χ4v) is 3.40. The van der Waals surface area contributed by atoms with Crippen LogP contribution in [0.2, 0.25) is 20.1 Å². The summed E-state index contributed by atoms with van der Waals surface area (Å²) >= 11 is 23.7. The average molecular weight is 515 g/mol. The zero-order valence-corrected chi connectivity index (χ0v) is 18.8. The molecule has 31 heavy (non-hydrogen) atoms. The van der Waals surface area contributed by atoms with Crippen LogP contribution in [0.5, 0.6) is 0 Å². The molecule has 0 aliphatic rings. The second-order valence-electron chi connectivity index (χ2n) is 6.17. The molecular formula is C20H14Cl4F3NO3. The van der Waals surface area contributed by atoms with E-state index in [1.165, 1.54) is 12.1 Å². The van der Waals surface area contributed by atoms with Crippen LogP contribution in [0, 0.1) is 0 Å². The molecule has 0 spiro atoms. The molecule has 2 rings (SSSR count). The first-order valence-corrected chi connectivity index (χ1v) is 10.0. The highest BCUT2D eigenvalue weighted by atomic mass is 35.5. The standard InChI is InChI=1S/C20H14Cl4F3NO3/c1-31-19(30)18(29)28-9-11-4-2-10(6-14(11)21)3-5-13(20(25,26)27)12-7-15(22)17(24)16(23)8-12/h2,4-8H,3,9H2,1H3,(H,28,29). The molecule has 0 unspecified atom stereocenters. The fourth-order valence-electron chi connectivity index (χ4n) is 2.53. The molecule has 0 aliphatic heterocycles. The van der Waals surface area contributed by atoms with E-state index >= 15 is 0 Å². The summed E-state index contributed by atoms with van der Waals surface area (Å²) in [5.41, 5.74) is -0.196. The number of hydrogen-bond acceptors (Lipinski definition) is 3. The van der Waals surface area contributed by atoms with Gasteiger partial charge in [0, 0.05) is 11.6 Å². The molecule has 4 nitrogen and oxygen atoms in total. The molecule has 0 saturated heterocycles. The van der Waals surface area contributed by atoms with Crippen molar-refractivity contribution in [2.75, 3.05) is 7.11 Å². The van der Waals surface area contributed by atoms with Crippen molar-refractivity contribution in [3.8, 4) is 0 Å². The number of halogens is 7. The van der Waals surface area contributed by atoms with Gasteiger partial charge in [-0.3, -0.25) is 4.79 Å². The van der Waals surface area contributed by atoms with Gasteiger partial charge in [0.15, 0.2) is 0 Å². The van der Waals surface area contributed by atoms with Crippen molar-refractivity contribution < 1.29 is 27.5 Å². The third-order valence-electron chi connectivity index (χ3n) is 4.07. The Morgan fingerprint density at radius 2 is 1.65 bits per heavy atom. The van der Waals surface area contributed by atoms with Crippen LogP contribution in [-0.2, 0) is 27.3 Å². The van der Waals surface area contributed by atoms with Crippen LogP contribution in [0.1, 0.15) is 16.7 Å². The van der Waals surface area contributed by atoms with Gasteiger partial charge < -0.3 is 10.1 Å². The summed E-state index contributed by atoms with van der Waals surface area (Å²) in [6, 6.07) is 6.74. The van der Waals surface area contributed by atoms with Crippen molar-refractivity contribution in [2.45, 2.75) is 19.1 Å². The van der Waals surface area contributed by atoms with Gasteiger partial charge in [0.05, 0.1) is 27.8 Å². The normalized spacial score (nSPS) is 11.9. The van der Waals surface area contributed by atoms with Gasteiger partial charge in [-0.15, -0.1) is 0 Å². The van der Waals surface area contributed by atoms with Gasteiger partial charge in [0.2, 0.25) is 0 Å². The predicted octanol–water partition coefficient (Wildman–Crippen LogP) is 6.28. The second kappa shape index (κ2) is 10.6. The van der Waals surface area contributed by atoms with Gasteiger partial charge in [-0.1, -0.05) is 64.6 Å². The minimum Gasteiger partial charge on any atom is -0.462 e. The number of ether oxygens (including phenoxy) is 1. The molecule has 2 aromatic carbocycles. The Bertz CT molecular complexity index is 1020. The Balaban J connectivity index is 2.24. The van der Waals surface area contributed by atoms with Crippen LogP contribution in [0.4, 0.5) is 13.2 Å². The minimum atomic E-state index is -4.66. The van der Waals surface area contributed by atoms with Crippen molar-refractivity contribution in [1.29, 1.82) is 0 Å². The van der Waals surface area contributed by atoms with E-state index in [2.05, 4.69) is 10.1 Å². The topological polar surface area (TPSA) is 55.4 Å². The number of methoxy groups -OCH3 is 1. The molecule has 0 bridgehead atoms. The number of nitrogens with one attached hydrogen (secondary N) is 1. The summed E-state index contributed by atoms with van der Waals surface area (Å²) in [4.78, 5) is 22.5. The summed E-state index contributed by atoms with van der Waals surface area (Å²) in [5.74, 6) is -2.00. The minimum absolute atomic E-state index is 0.0322. The summed E-state index contributed by atoms with van der Waals surface area (Å²) in [7, 11) is 1.07. The van der Waals surface area contributed by atoms with Crippen LogP contribution in [0.15, 0.2) is 36.4 Å². The monoisotopic (exact) mass is 513 g/mol. The zero-order chi connectivity index (χ0) is 23.3. The molecule has 0 aromatic heterocycles. The Morgan fingerprint density at radius 1 is 1.03 bits per heavy atom. The summed E-state index contributed by atoms with van der Waals surface area (Å²) in [6.45, 7) is -0.0571. The quantitative estimate of drug-likeness (QED) is 0.290. The molecule has 0 radical (unpaired) electrons. The Hall–Kier alpha value is -1.93. The van der Waals surface area contributed by atoms with E-state index in [1.807, 2.05) is 0 Å². The van der Waals surface area contributed by atoms with Crippen molar-refractivity contribution in [2.24, 2.45) is 0 Å². The van der Waals surface area contributed by atoms with E-state index in [0.717, 1.165) is 25.3 Å². The Labute approximate surface area is 195 Å². The highest BCUT2D eigenvalue weighted by Crippen LogP contribution is 2.39. The number of benzene rings is 2. The number of hydrogen-bond donors (Lipinski definition) is 1. The number of carbonyl (C=O) groups excluding carboxylic acids is 2. The van der Waals surface area contributed by atoms with Crippen molar-refractivity contribution in [3.05, 3.63) is 73.2 Å². The van der Waals surface area contributed by atoms with E-state index in [1.54, 1.807) is 6.07 Å². The van der Waals surface area contributed by atoms with Gasteiger partial charge in [-0.25, -0.2) is 4.79 Å². The maximum Gasteiger partial charge on any atom is 0.416 e. The van der Waals surface area contributed by atoms with E-state index in [-0.39, 0.29) is 38.6 Å². The molecule has 0 atom stereocenters. The molecule has 0 fully saturated rings. The molecule has 0 aliphatic carbocycles. The molecule has 1 amide bonds. The largest absolute Gasteiger partial charge is 0.462 e. The second-order valence-corrected chi connectivity index (χ2v) is 7.77. The lowest BCUT2D eigenvalue weighted by molar-refractivity contribution is -0.152. The lowest BCUT2D eigenvalue weighted by Gasteiger charge is -2.14. The molecule has 11 heteroatoms. The van der Waals surface area contributed by atoms with Gasteiger partial charge in [0.1, 0.15) is 0 Å². The molecule has 1 N–H and O–H groups in total. The van der Waals surface area contributed by atoms with Crippen LogP contribution in [-0.4, -0.2) is 25.2 Å². The summed E-state index contributed by atoms with van der Waals surface area (Å²) in [6.07, 6.45) is -3.77. The number of amides is 1. The third kappa shape index (κ3) is 6.77. The molecule has 166 valence electrons. The first-order chi connectivity index (χ1) is 14.4. The van der Waals surface area contributed by atoms with Crippen LogP contribution in [0.25, 0.3) is 5.57 Å². The van der Waals surface area contributed by atoms with E-state index < -0.39 is 23.6 Å². The molecule has 0 heterocycles. The zero-order valence-electron chi connectivity index (χ0n) is 15.7. The van der Waals surface area contributed by atoms with Crippen LogP contribution < -0.4 is 5.32 Å². The average Bonchev–Trinajstić information content (AvgIpc) is 2.69. The van der Waals surface area contributed by atoms with Gasteiger partial charge in [0.25, 0.3) is 0 Å². The van der Waals surface area contributed by atoms with E-state index in [9.17, 15) is 22.8 Å². The lowest BCUT2D eigenvalue weighted by atomic mass is 10.0. The molecule has 2 aromatic rings. The highest BCUT2D eigenvalue weighted by molar-refractivity contribution is 6.48. The van der Waals surface area contributed by atoms with Crippen molar-refractivity contribution >= 4 is 63.9 Å².